The lowest BCUT2D eigenvalue weighted by Crippen LogP contribution is -2.60. The Kier molecular flexibility index (Phi) is 5.55. The van der Waals surface area contributed by atoms with Crippen LogP contribution in [-0.4, -0.2) is 54.3 Å². The Balaban J connectivity index is 1.43. The topological polar surface area (TPSA) is 66.5 Å². The lowest BCUT2D eigenvalue weighted by molar-refractivity contribution is -0.0356. The van der Waals surface area contributed by atoms with Gasteiger partial charge in [0.15, 0.2) is 0 Å². The van der Waals surface area contributed by atoms with Crippen LogP contribution in [0, 0.1) is 0 Å². The van der Waals surface area contributed by atoms with Gasteiger partial charge in [0.05, 0.1) is 24.4 Å². The Hall–Kier alpha value is -2.18. The fourth-order valence-corrected chi connectivity index (χ4v) is 4.47. The standard InChI is InChI=1S/C21H28N4O2/c26-20(24-18-8-4-6-17-7-5-11-22-19(17)18)23-16-21(9-2-1-3-10-21)25-12-14-27-15-13-25/h4-8,11H,1-3,9-10,12-16H2,(H2,23,24,26). The van der Waals surface area contributed by atoms with Crippen LogP contribution in [-0.2, 0) is 4.74 Å². The zero-order chi connectivity index (χ0) is 18.5. The number of ether oxygens (including phenoxy) is 1. The number of benzene rings is 1. The molecule has 1 saturated heterocycles. The second-order valence-electron chi connectivity index (χ2n) is 7.57. The van der Waals surface area contributed by atoms with E-state index in [9.17, 15) is 4.79 Å². The monoisotopic (exact) mass is 368 g/mol. The van der Waals surface area contributed by atoms with Gasteiger partial charge < -0.3 is 15.4 Å². The normalized spacial score (nSPS) is 20.3. The fourth-order valence-electron chi connectivity index (χ4n) is 4.47. The van der Waals surface area contributed by atoms with Gasteiger partial charge in [-0.3, -0.25) is 9.88 Å². The number of para-hydroxylation sites is 1. The molecule has 1 aliphatic heterocycles. The van der Waals surface area contributed by atoms with Gasteiger partial charge in [0.2, 0.25) is 0 Å². The van der Waals surface area contributed by atoms with Crippen LogP contribution in [0.1, 0.15) is 32.1 Å². The highest BCUT2D eigenvalue weighted by molar-refractivity contribution is 5.99. The zero-order valence-electron chi connectivity index (χ0n) is 15.7. The van der Waals surface area contributed by atoms with E-state index in [-0.39, 0.29) is 11.6 Å². The molecule has 4 rings (SSSR count). The van der Waals surface area contributed by atoms with E-state index in [2.05, 4.69) is 20.5 Å². The number of nitrogens with one attached hydrogen (secondary N) is 2. The van der Waals surface area contributed by atoms with Crippen molar-refractivity contribution < 1.29 is 9.53 Å². The zero-order valence-corrected chi connectivity index (χ0v) is 15.7. The number of morpholine rings is 1. The van der Waals surface area contributed by atoms with E-state index in [1.165, 1.54) is 19.3 Å². The molecule has 1 saturated carbocycles. The maximum atomic E-state index is 12.6. The molecular formula is C21H28N4O2. The maximum Gasteiger partial charge on any atom is 0.319 e. The van der Waals surface area contributed by atoms with Crippen molar-refractivity contribution in [3.05, 3.63) is 36.5 Å². The highest BCUT2D eigenvalue weighted by Gasteiger charge is 2.38. The van der Waals surface area contributed by atoms with Crippen LogP contribution in [0.5, 0.6) is 0 Å². The average molecular weight is 368 g/mol. The van der Waals surface area contributed by atoms with Crippen LogP contribution < -0.4 is 10.6 Å². The number of aromatic nitrogens is 1. The smallest absolute Gasteiger partial charge is 0.319 e. The van der Waals surface area contributed by atoms with Gasteiger partial charge in [0.1, 0.15) is 0 Å². The molecule has 1 aromatic carbocycles. The lowest BCUT2D eigenvalue weighted by Gasteiger charge is -2.48. The van der Waals surface area contributed by atoms with E-state index in [4.69, 9.17) is 4.74 Å². The van der Waals surface area contributed by atoms with Crippen LogP contribution in [0.25, 0.3) is 10.9 Å². The minimum atomic E-state index is -0.161. The van der Waals surface area contributed by atoms with Crippen molar-refractivity contribution in [1.29, 1.82) is 0 Å². The second-order valence-corrected chi connectivity index (χ2v) is 7.57. The molecule has 1 aromatic heterocycles. The minimum Gasteiger partial charge on any atom is -0.379 e. The van der Waals surface area contributed by atoms with Crippen LogP contribution in [0.15, 0.2) is 36.5 Å². The summed E-state index contributed by atoms with van der Waals surface area (Å²) in [7, 11) is 0. The number of fused-ring (bicyclic) bond motifs is 1. The van der Waals surface area contributed by atoms with E-state index in [1.54, 1.807) is 6.20 Å². The molecule has 0 atom stereocenters. The summed E-state index contributed by atoms with van der Waals surface area (Å²) >= 11 is 0. The van der Waals surface area contributed by atoms with Crippen molar-refractivity contribution in [1.82, 2.24) is 15.2 Å². The summed E-state index contributed by atoms with van der Waals surface area (Å²) in [4.78, 5) is 19.6. The molecule has 2 aliphatic rings. The van der Waals surface area contributed by atoms with Crippen molar-refractivity contribution in [2.45, 2.75) is 37.6 Å². The highest BCUT2D eigenvalue weighted by atomic mass is 16.5. The Bertz CT molecular complexity index is 777. The van der Waals surface area contributed by atoms with Crippen molar-refractivity contribution in [3.63, 3.8) is 0 Å². The van der Waals surface area contributed by atoms with Gasteiger partial charge in [0.25, 0.3) is 0 Å². The van der Waals surface area contributed by atoms with Crippen molar-refractivity contribution in [2.75, 3.05) is 38.2 Å². The molecule has 6 heteroatoms. The molecule has 2 amide bonds. The third-order valence-corrected chi connectivity index (χ3v) is 5.93. The SMILES string of the molecule is O=C(NCC1(N2CCOCC2)CCCCC1)Nc1cccc2cccnc12. The quantitative estimate of drug-likeness (QED) is 0.868. The Labute approximate surface area is 160 Å². The number of nitrogens with zero attached hydrogens (tertiary/aromatic N) is 2. The third-order valence-electron chi connectivity index (χ3n) is 5.93. The lowest BCUT2D eigenvalue weighted by atomic mass is 9.80. The average Bonchev–Trinajstić information content (AvgIpc) is 2.74. The molecule has 2 N–H and O–H groups in total. The number of carbonyl (C=O) groups excluding carboxylic acids is 1. The predicted molar refractivity (Wildman–Crippen MR) is 107 cm³/mol. The Morgan fingerprint density at radius 1 is 1.11 bits per heavy atom. The van der Waals surface area contributed by atoms with Crippen molar-refractivity contribution >= 4 is 22.6 Å². The molecule has 2 aromatic rings. The summed E-state index contributed by atoms with van der Waals surface area (Å²) < 4.78 is 5.53. The number of hydrogen-bond acceptors (Lipinski definition) is 4. The van der Waals surface area contributed by atoms with Crippen LogP contribution >= 0.6 is 0 Å². The summed E-state index contributed by atoms with van der Waals surface area (Å²) in [6.45, 7) is 4.16. The molecule has 1 aliphatic carbocycles. The molecular weight excluding hydrogens is 340 g/mol. The molecule has 0 spiro atoms. The molecule has 144 valence electrons. The number of pyridine rings is 1. The molecule has 2 fully saturated rings. The minimum absolute atomic E-state index is 0.0658. The number of anilines is 1. The van der Waals surface area contributed by atoms with Gasteiger partial charge in [-0.25, -0.2) is 4.79 Å². The summed E-state index contributed by atoms with van der Waals surface area (Å²) in [5.74, 6) is 0. The van der Waals surface area contributed by atoms with Gasteiger partial charge in [-0.1, -0.05) is 37.5 Å². The molecule has 6 nitrogen and oxygen atoms in total. The van der Waals surface area contributed by atoms with Gasteiger partial charge in [-0.2, -0.15) is 0 Å². The number of rotatable bonds is 4. The molecule has 0 radical (unpaired) electrons. The number of urea groups is 1. The summed E-state index contributed by atoms with van der Waals surface area (Å²) in [6, 6.07) is 9.58. The van der Waals surface area contributed by atoms with E-state index in [0.717, 1.165) is 55.7 Å². The van der Waals surface area contributed by atoms with E-state index in [1.807, 2.05) is 30.3 Å². The van der Waals surface area contributed by atoms with Crippen LogP contribution in [0.3, 0.4) is 0 Å². The van der Waals surface area contributed by atoms with Gasteiger partial charge in [-0.15, -0.1) is 0 Å². The van der Waals surface area contributed by atoms with Gasteiger partial charge >= 0.3 is 6.03 Å². The van der Waals surface area contributed by atoms with Crippen LogP contribution in [0.4, 0.5) is 10.5 Å². The highest BCUT2D eigenvalue weighted by Crippen LogP contribution is 2.34. The Morgan fingerprint density at radius 2 is 1.89 bits per heavy atom. The fraction of sp³-hybridized carbons (Fsp3) is 0.524. The Morgan fingerprint density at radius 3 is 2.70 bits per heavy atom. The first-order valence-corrected chi connectivity index (χ1v) is 9.98. The van der Waals surface area contributed by atoms with E-state index < -0.39 is 0 Å². The largest absolute Gasteiger partial charge is 0.379 e. The number of amides is 2. The number of hydrogen-bond donors (Lipinski definition) is 2. The molecule has 27 heavy (non-hydrogen) atoms. The van der Waals surface area contributed by atoms with E-state index in [0.29, 0.717) is 6.54 Å². The number of carbonyl (C=O) groups is 1. The maximum absolute atomic E-state index is 12.6. The molecule has 2 heterocycles. The van der Waals surface area contributed by atoms with E-state index >= 15 is 0 Å². The summed E-state index contributed by atoms with van der Waals surface area (Å²) in [5, 5.41) is 7.15. The van der Waals surface area contributed by atoms with Crippen molar-refractivity contribution in [2.24, 2.45) is 0 Å². The van der Waals surface area contributed by atoms with Crippen LogP contribution in [0.2, 0.25) is 0 Å². The second kappa shape index (κ2) is 8.23. The first-order valence-electron chi connectivity index (χ1n) is 9.98. The first-order chi connectivity index (χ1) is 13.3. The molecule has 0 unspecified atom stereocenters. The predicted octanol–water partition coefficient (Wildman–Crippen LogP) is 3.39. The van der Waals surface area contributed by atoms with Gasteiger partial charge in [-0.05, 0) is 25.0 Å². The molecule has 0 bridgehead atoms. The van der Waals surface area contributed by atoms with Gasteiger partial charge in [0, 0.05) is 36.8 Å². The first kappa shape index (κ1) is 18.2. The third kappa shape index (κ3) is 4.06. The van der Waals surface area contributed by atoms with Crippen molar-refractivity contribution in [3.8, 4) is 0 Å². The summed E-state index contributed by atoms with van der Waals surface area (Å²) in [6.07, 6.45) is 7.79. The summed E-state index contributed by atoms with van der Waals surface area (Å²) in [5.41, 5.74) is 1.63.